The molecule has 1 aliphatic rings. The van der Waals surface area contributed by atoms with Crippen molar-refractivity contribution in [3.63, 3.8) is 0 Å². The van der Waals surface area contributed by atoms with E-state index in [0.29, 0.717) is 5.92 Å². The largest absolute Gasteiger partial charge is 0.349 e. The van der Waals surface area contributed by atoms with Gasteiger partial charge in [0.1, 0.15) is 0 Å². The van der Waals surface area contributed by atoms with E-state index >= 15 is 0 Å². The smallest absolute Gasteiger partial charge is 0.251 e. The van der Waals surface area contributed by atoms with Crippen LogP contribution in [-0.2, 0) is 6.42 Å². The van der Waals surface area contributed by atoms with Gasteiger partial charge in [0.15, 0.2) is 0 Å². The molecule has 1 atom stereocenters. The molecule has 0 unspecified atom stereocenters. The lowest BCUT2D eigenvalue weighted by molar-refractivity contribution is 0.0912. The minimum absolute atomic E-state index is 0.0746. The highest BCUT2D eigenvalue weighted by Crippen LogP contribution is 2.19. The summed E-state index contributed by atoms with van der Waals surface area (Å²) in [7, 11) is 0. The Kier molecular flexibility index (Phi) is 2.28. The van der Waals surface area contributed by atoms with E-state index in [1.807, 2.05) is 24.3 Å². The topological polar surface area (TPSA) is 29.1 Å². The SMILES string of the molecule is CC(C)[C@@H]1Cc2ccccc2C(=O)N1. The highest BCUT2D eigenvalue weighted by Gasteiger charge is 2.25. The van der Waals surface area contributed by atoms with Gasteiger partial charge in [-0.2, -0.15) is 0 Å². The summed E-state index contributed by atoms with van der Waals surface area (Å²) in [6.45, 7) is 4.28. The van der Waals surface area contributed by atoms with Crippen molar-refractivity contribution in [1.82, 2.24) is 5.32 Å². The van der Waals surface area contributed by atoms with Gasteiger partial charge in [0.05, 0.1) is 0 Å². The lowest BCUT2D eigenvalue weighted by Crippen LogP contribution is -2.44. The molecule has 1 N–H and O–H groups in total. The van der Waals surface area contributed by atoms with Crippen LogP contribution in [0.3, 0.4) is 0 Å². The van der Waals surface area contributed by atoms with Crippen molar-refractivity contribution in [3.05, 3.63) is 35.4 Å². The lowest BCUT2D eigenvalue weighted by Gasteiger charge is -2.28. The van der Waals surface area contributed by atoms with E-state index in [2.05, 4.69) is 19.2 Å². The molecule has 0 saturated heterocycles. The monoisotopic (exact) mass is 189 g/mol. The fraction of sp³-hybridized carbons (Fsp3) is 0.417. The van der Waals surface area contributed by atoms with Crippen LogP contribution in [0, 0.1) is 5.92 Å². The van der Waals surface area contributed by atoms with Crippen molar-refractivity contribution >= 4 is 5.91 Å². The van der Waals surface area contributed by atoms with Gasteiger partial charge < -0.3 is 5.32 Å². The number of rotatable bonds is 1. The number of fused-ring (bicyclic) bond motifs is 1. The van der Waals surface area contributed by atoms with E-state index in [1.54, 1.807) is 0 Å². The summed E-state index contributed by atoms with van der Waals surface area (Å²) < 4.78 is 0. The Balaban J connectivity index is 2.33. The zero-order chi connectivity index (χ0) is 10.1. The quantitative estimate of drug-likeness (QED) is 0.719. The first-order valence-corrected chi connectivity index (χ1v) is 5.07. The lowest BCUT2D eigenvalue weighted by atomic mass is 9.89. The van der Waals surface area contributed by atoms with E-state index in [4.69, 9.17) is 0 Å². The molecule has 0 aliphatic carbocycles. The van der Waals surface area contributed by atoms with Gasteiger partial charge in [-0.25, -0.2) is 0 Å². The number of hydrogen-bond donors (Lipinski definition) is 1. The Morgan fingerprint density at radius 2 is 2.07 bits per heavy atom. The van der Waals surface area contributed by atoms with Crippen molar-refractivity contribution in [2.24, 2.45) is 5.92 Å². The van der Waals surface area contributed by atoms with Crippen LogP contribution in [0.25, 0.3) is 0 Å². The summed E-state index contributed by atoms with van der Waals surface area (Å²) >= 11 is 0. The Morgan fingerprint density at radius 3 is 2.79 bits per heavy atom. The molecule has 1 aromatic carbocycles. The van der Waals surface area contributed by atoms with Crippen LogP contribution in [-0.4, -0.2) is 11.9 Å². The molecule has 1 aliphatic heterocycles. The average molecular weight is 189 g/mol. The summed E-state index contributed by atoms with van der Waals surface area (Å²) in [6.07, 6.45) is 0.958. The van der Waals surface area contributed by atoms with E-state index < -0.39 is 0 Å². The predicted molar refractivity (Wildman–Crippen MR) is 56.2 cm³/mol. The first kappa shape index (κ1) is 9.25. The van der Waals surface area contributed by atoms with Crippen LogP contribution in [0.4, 0.5) is 0 Å². The average Bonchev–Trinajstić information content (AvgIpc) is 2.17. The van der Waals surface area contributed by atoms with Crippen molar-refractivity contribution in [3.8, 4) is 0 Å². The van der Waals surface area contributed by atoms with Crippen LogP contribution in [0.1, 0.15) is 29.8 Å². The maximum absolute atomic E-state index is 11.7. The third-order valence-electron chi connectivity index (χ3n) is 2.82. The maximum atomic E-state index is 11.7. The second-order valence-corrected chi connectivity index (χ2v) is 4.19. The van der Waals surface area contributed by atoms with E-state index in [1.165, 1.54) is 5.56 Å². The van der Waals surface area contributed by atoms with Crippen LogP contribution in [0.15, 0.2) is 24.3 Å². The summed E-state index contributed by atoms with van der Waals surface area (Å²) in [4.78, 5) is 11.7. The standard InChI is InChI=1S/C12H15NO/c1-8(2)11-7-9-5-3-4-6-10(9)12(14)13-11/h3-6,8,11H,7H2,1-2H3,(H,13,14)/t11-/m0/s1. The molecule has 1 heterocycles. The van der Waals surface area contributed by atoms with Gasteiger partial charge >= 0.3 is 0 Å². The number of amides is 1. The molecule has 0 fully saturated rings. The third kappa shape index (κ3) is 1.52. The number of carbonyl (C=O) groups excluding carboxylic acids is 1. The second-order valence-electron chi connectivity index (χ2n) is 4.19. The maximum Gasteiger partial charge on any atom is 0.251 e. The second kappa shape index (κ2) is 3.45. The number of nitrogens with one attached hydrogen (secondary N) is 1. The van der Waals surface area contributed by atoms with Gasteiger partial charge in [0.2, 0.25) is 0 Å². The number of benzene rings is 1. The Bertz CT molecular complexity index is 357. The molecule has 2 nitrogen and oxygen atoms in total. The minimum atomic E-state index is 0.0746. The highest BCUT2D eigenvalue weighted by molar-refractivity contribution is 5.96. The van der Waals surface area contributed by atoms with E-state index in [0.717, 1.165) is 12.0 Å². The van der Waals surface area contributed by atoms with E-state index in [-0.39, 0.29) is 11.9 Å². The third-order valence-corrected chi connectivity index (χ3v) is 2.82. The molecule has 0 spiro atoms. The van der Waals surface area contributed by atoms with E-state index in [9.17, 15) is 4.79 Å². The van der Waals surface area contributed by atoms with Gasteiger partial charge in [-0.3, -0.25) is 4.79 Å². The Labute approximate surface area is 84.3 Å². The first-order chi connectivity index (χ1) is 6.68. The fourth-order valence-electron chi connectivity index (χ4n) is 1.86. The van der Waals surface area contributed by atoms with Crippen LogP contribution in [0.5, 0.6) is 0 Å². The molecular weight excluding hydrogens is 174 g/mol. The molecule has 2 rings (SSSR count). The first-order valence-electron chi connectivity index (χ1n) is 5.07. The Hall–Kier alpha value is -1.31. The molecule has 14 heavy (non-hydrogen) atoms. The predicted octanol–water partition coefficient (Wildman–Crippen LogP) is 2.00. The normalized spacial score (nSPS) is 20.5. The summed E-state index contributed by atoms with van der Waals surface area (Å²) in [5, 5.41) is 3.03. The fourth-order valence-corrected chi connectivity index (χ4v) is 1.86. The number of hydrogen-bond acceptors (Lipinski definition) is 1. The van der Waals surface area contributed by atoms with Gasteiger partial charge in [0, 0.05) is 11.6 Å². The molecule has 0 aromatic heterocycles. The summed E-state index contributed by atoms with van der Waals surface area (Å²) in [5.41, 5.74) is 2.01. The molecular formula is C12H15NO. The van der Waals surface area contributed by atoms with Gasteiger partial charge in [-0.15, -0.1) is 0 Å². The van der Waals surface area contributed by atoms with Crippen LogP contribution >= 0.6 is 0 Å². The van der Waals surface area contributed by atoms with Crippen molar-refractivity contribution in [1.29, 1.82) is 0 Å². The van der Waals surface area contributed by atoms with Crippen LogP contribution in [0.2, 0.25) is 0 Å². The molecule has 0 bridgehead atoms. The minimum Gasteiger partial charge on any atom is -0.349 e. The zero-order valence-electron chi connectivity index (χ0n) is 8.58. The highest BCUT2D eigenvalue weighted by atomic mass is 16.1. The van der Waals surface area contributed by atoms with Crippen molar-refractivity contribution in [2.75, 3.05) is 0 Å². The van der Waals surface area contributed by atoms with Gasteiger partial charge in [0.25, 0.3) is 5.91 Å². The van der Waals surface area contributed by atoms with Crippen LogP contribution < -0.4 is 5.32 Å². The molecule has 1 aromatic rings. The summed E-state index contributed by atoms with van der Waals surface area (Å²) in [6, 6.07) is 8.13. The van der Waals surface area contributed by atoms with Gasteiger partial charge in [-0.05, 0) is 24.0 Å². The molecule has 1 amide bonds. The number of carbonyl (C=O) groups is 1. The Morgan fingerprint density at radius 1 is 1.36 bits per heavy atom. The zero-order valence-corrected chi connectivity index (χ0v) is 8.58. The molecule has 74 valence electrons. The molecule has 0 saturated carbocycles. The van der Waals surface area contributed by atoms with Crippen molar-refractivity contribution in [2.45, 2.75) is 26.3 Å². The molecule has 2 heteroatoms. The summed E-state index contributed by atoms with van der Waals surface area (Å²) in [5.74, 6) is 0.567. The molecule has 0 radical (unpaired) electrons. The van der Waals surface area contributed by atoms with Crippen molar-refractivity contribution < 1.29 is 4.79 Å². The van der Waals surface area contributed by atoms with Gasteiger partial charge in [-0.1, -0.05) is 32.0 Å².